The molecule has 17 heavy (non-hydrogen) atoms. The predicted molar refractivity (Wildman–Crippen MR) is 66.6 cm³/mol. The molecule has 0 bridgehead atoms. The molecule has 0 aromatic heterocycles. The summed E-state index contributed by atoms with van der Waals surface area (Å²) in [5.41, 5.74) is -0.0271. The molecule has 4 nitrogen and oxygen atoms in total. The van der Waals surface area contributed by atoms with Gasteiger partial charge < -0.3 is 5.32 Å². The van der Waals surface area contributed by atoms with Crippen LogP contribution in [0.2, 0.25) is 0 Å². The van der Waals surface area contributed by atoms with Crippen molar-refractivity contribution in [2.75, 3.05) is 5.32 Å². The highest BCUT2D eigenvalue weighted by molar-refractivity contribution is 9.10. The first-order valence-corrected chi connectivity index (χ1v) is 5.84. The number of hydrogen-bond donors (Lipinski definition) is 2. The van der Waals surface area contributed by atoms with E-state index >= 15 is 0 Å². The maximum Gasteiger partial charge on any atom is 0.326 e. The van der Waals surface area contributed by atoms with Crippen LogP contribution in [0.3, 0.4) is 0 Å². The zero-order chi connectivity index (χ0) is 13.0. The summed E-state index contributed by atoms with van der Waals surface area (Å²) in [5.74, 6) is -1.26. The van der Waals surface area contributed by atoms with E-state index in [1.807, 2.05) is 5.32 Å². The van der Waals surface area contributed by atoms with E-state index in [1.165, 1.54) is 19.1 Å². The largest absolute Gasteiger partial charge is 0.326 e. The van der Waals surface area contributed by atoms with Crippen molar-refractivity contribution >= 4 is 45.2 Å². The first kappa shape index (κ1) is 13.9. The summed E-state index contributed by atoms with van der Waals surface area (Å²) in [5, 5.41) is 3.33. The van der Waals surface area contributed by atoms with Crippen LogP contribution >= 0.6 is 27.5 Å². The van der Waals surface area contributed by atoms with Crippen LogP contribution in [0, 0.1) is 5.82 Å². The molecule has 1 aromatic carbocycles. The van der Waals surface area contributed by atoms with E-state index in [-0.39, 0.29) is 5.69 Å². The smallest absolute Gasteiger partial charge is 0.305 e. The fourth-order valence-electron chi connectivity index (χ4n) is 0.956. The van der Waals surface area contributed by atoms with Gasteiger partial charge in [0, 0.05) is 4.47 Å². The van der Waals surface area contributed by atoms with Crippen LogP contribution in [0.5, 0.6) is 0 Å². The fourth-order valence-corrected chi connectivity index (χ4v) is 1.34. The Balaban J connectivity index is 2.65. The molecule has 1 rings (SSSR count). The van der Waals surface area contributed by atoms with Crippen LogP contribution in [0.25, 0.3) is 0 Å². The molecule has 3 amide bonds. The molecule has 0 aliphatic carbocycles. The Bertz CT molecular complexity index is 454. The molecule has 7 heteroatoms. The van der Waals surface area contributed by atoms with E-state index in [4.69, 9.17) is 11.6 Å². The minimum Gasteiger partial charge on any atom is -0.305 e. The number of alkyl halides is 1. The van der Waals surface area contributed by atoms with Crippen molar-refractivity contribution in [3.05, 3.63) is 28.5 Å². The van der Waals surface area contributed by atoms with Crippen molar-refractivity contribution in [1.82, 2.24) is 5.32 Å². The van der Waals surface area contributed by atoms with E-state index in [1.54, 1.807) is 6.07 Å². The number of amides is 3. The normalized spacial score (nSPS) is 11.8. The molecular formula is C10H9BrClFN2O2. The van der Waals surface area contributed by atoms with E-state index in [9.17, 15) is 14.0 Å². The number of hydrogen-bond acceptors (Lipinski definition) is 2. The molecule has 0 radical (unpaired) electrons. The molecule has 0 spiro atoms. The van der Waals surface area contributed by atoms with Gasteiger partial charge in [0.1, 0.15) is 11.2 Å². The van der Waals surface area contributed by atoms with Crippen LogP contribution < -0.4 is 10.6 Å². The number of anilines is 1. The van der Waals surface area contributed by atoms with Crippen molar-refractivity contribution in [1.29, 1.82) is 0 Å². The molecule has 1 unspecified atom stereocenters. The van der Waals surface area contributed by atoms with E-state index in [0.29, 0.717) is 4.47 Å². The fraction of sp³-hybridized carbons (Fsp3) is 0.200. The third-order valence-electron chi connectivity index (χ3n) is 1.78. The number of rotatable bonds is 2. The van der Waals surface area contributed by atoms with Crippen LogP contribution in [0.15, 0.2) is 22.7 Å². The lowest BCUT2D eigenvalue weighted by molar-refractivity contribution is -0.119. The third-order valence-corrected chi connectivity index (χ3v) is 2.47. The molecular weight excluding hydrogens is 314 g/mol. The SMILES string of the molecule is CC(Cl)C(=O)NC(=O)Nc1ccc(Br)cc1F. The van der Waals surface area contributed by atoms with Crippen LogP contribution in [-0.4, -0.2) is 17.3 Å². The summed E-state index contributed by atoms with van der Waals surface area (Å²) in [7, 11) is 0. The van der Waals surface area contributed by atoms with Crippen molar-refractivity contribution in [3.8, 4) is 0 Å². The van der Waals surface area contributed by atoms with Gasteiger partial charge in [0.15, 0.2) is 0 Å². The minimum absolute atomic E-state index is 0.0271. The van der Waals surface area contributed by atoms with Gasteiger partial charge in [0.25, 0.3) is 0 Å². The van der Waals surface area contributed by atoms with Crippen LogP contribution in [0.1, 0.15) is 6.92 Å². The van der Waals surface area contributed by atoms with Crippen molar-refractivity contribution in [3.63, 3.8) is 0 Å². The van der Waals surface area contributed by atoms with Gasteiger partial charge in [-0.1, -0.05) is 15.9 Å². The van der Waals surface area contributed by atoms with Crippen molar-refractivity contribution in [2.45, 2.75) is 12.3 Å². The quantitative estimate of drug-likeness (QED) is 0.822. The second-order valence-corrected chi connectivity index (χ2v) is 4.75. The number of carbonyl (C=O) groups is 2. The highest BCUT2D eigenvalue weighted by atomic mass is 79.9. The average Bonchev–Trinajstić information content (AvgIpc) is 2.22. The summed E-state index contributed by atoms with van der Waals surface area (Å²) >= 11 is 8.54. The lowest BCUT2D eigenvalue weighted by Gasteiger charge is -2.08. The van der Waals surface area contributed by atoms with Gasteiger partial charge in [0.2, 0.25) is 5.91 Å². The third kappa shape index (κ3) is 4.32. The van der Waals surface area contributed by atoms with Gasteiger partial charge in [0.05, 0.1) is 5.69 Å². The minimum atomic E-state index is -0.837. The van der Waals surface area contributed by atoms with Gasteiger partial charge in [-0.25, -0.2) is 9.18 Å². The molecule has 0 fully saturated rings. The maximum absolute atomic E-state index is 13.3. The molecule has 0 saturated carbocycles. The van der Waals surface area contributed by atoms with Gasteiger partial charge in [-0.05, 0) is 25.1 Å². The summed E-state index contributed by atoms with van der Waals surface area (Å²) < 4.78 is 13.9. The van der Waals surface area contributed by atoms with Crippen molar-refractivity contribution in [2.24, 2.45) is 0 Å². The monoisotopic (exact) mass is 322 g/mol. The van der Waals surface area contributed by atoms with E-state index < -0.39 is 23.1 Å². The molecule has 92 valence electrons. The molecule has 1 atom stereocenters. The Morgan fingerprint density at radius 3 is 2.65 bits per heavy atom. The summed E-state index contributed by atoms with van der Waals surface area (Å²) in [4.78, 5) is 22.4. The topological polar surface area (TPSA) is 58.2 Å². The van der Waals surface area contributed by atoms with E-state index in [2.05, 4.69) is 21.2 Å². The number of imide groups is 1. The Hall–Kier alpha value is -1.14. The zero-order valence-electron chi connectivity index (χ0n) is 8.76. The Labute approximate surface area is 111 Å². The van der Waals surface area contributed by atoms with E-state index in [0.717, 1.165) is 0 Å². The molecule has 0 aliphatic heterocycles. The summed E-state index contributed by atoms with van der Waals surface area (Å²) in [6.07, 6.45) is 0. The standard InChI is InChI=1S/C10H9BrClFN2O2/c1-5(12)9(16)15-10(17)14-8-3-2-6(11)4-7(8)13/h2-5H,1H3,(H2,14,15,16,17). The Morgan fingerprint density at radius 2 is 2.12 bits per heavy atom. The summed E-state index contributed by atoms with van der Waals surface area (Å²) in [6.45, 7) is 1.42. The Morgan fingerprint density at radius 1 is 1.47 bits per heavy atom. The number of urea groups is 1. The summed E-state index contributed by atoms with van der Waals surface area (Å²) in [6, 6.07) is 3.30. The predicted octanol–water partition coefficient (Wildman–Crippen LogP) is 2.86. The molecule has 1 aromatic rings. The van der Waals surface area contributed by atoms with Crippen LogP contribution in [0.4, 0.5) is 14.9 Å². The van der Waals surface area contributed by atoms with Gasteiger partial charge in [-0.3, -0.25) is 10.1 Å². The molecule has 0 aliphatic rings. The van der Waals surface area contributed by atoms with Gasteiger partial charge >= 0.3 is 6.03 Å². The number of halogens is 3. The van der Waals surface area contributed by atoms with Crippen LogP contribution in [-0.2, 0) is 4.79 Å². The highest BCUT2D eigenvalue weighted by Gasteiger charge is 2.14. The zero-order valence-corrected chi connectivity index (χ0v) is 11.1. The number of benzene rings is 1. The van der Waals surface area contributed by atoms with Gasteiger partial charge in [-0.15, -0.1) is 11.6 Å². The molecule has 2 N–H and O–H groups in total. The average molecular weight is 324 g/mol. The lowest BCUT2D eigenvalue weighted by atomic mass is 10.3. The maximum atomic E-state index is 13.3. The second-order valence-electron chi connectivity index (χ2n) is 3.18. The van der Waals surface area contributed by atoms with Crippen molar-refractivity contribution < 1.29 is 14.0 Å². The number of nitrogens with one attached hydrogen (secondary N) is 2. The van der Waals surface area contributed by atoms with Gasteiger partial charge in [-0.2, -0.15) is 0 Å². The molecule has 0 heterocycles. The first-order chi connectivity index (χ1) is 7.90. The molecule has 0 saturated heterocycles. The second kappa shape index (κ2) is 5.97. The Kier molecular flexibility index (Phi) is 4.89. The lowest BCUT2D eigenvalue weighted by Crippen LogP contribution is -2.38. The first-order valence-electron chi connectivity index (χ1n) is 4.61. The highest BCUT2D eigenvalue weighted by Crippen LogP contribution is 2.19. The number of carbonyl (C=O) groups excluding carboxylic acids is 2.